The molecule has 0 bridgehead atoms. The van der Waals surface area contributed by atoms with Crippen LogP contribution in [0, 0.1) is 0 Å². The Morgan fingerprint density at radius 2 is 1.06 bits per heavy atom. The molecule has 0 amide bonds. The zero-order valence-corrected chi connectivity index (χ0v) is 26.0. The average Bonchev–Trinajstić information content (AvgIpc) is 3.70. The van der Waals surface area contributed by atoms with Gasteiger partial charge >= 0.3 is 0 Å². The molecule has 224 valence electrons. The number of furan rings is 1. The van der Waals surface area contributed by atoms with E-state index in [1.807, 2.05) is 18.2 Å². The molecule has 9 aromatic rings. The Kier molecular flexibility index (Phi) is 5.79. The lowest BCUT2D eigenvalue weighted by atomic mass is 9.67. The molecule has 0 aliphatic heterocycles. The standard InChI is InChI=1S/C45H28N2O/c1-3-15-30(16-4-1)40-43-41(37-27-26-29-14-7-8-21-34(29)42(37)48-43)47-44(46-40)31-17-13-20-33(28-31)45(32-18-5-2-6-19-32)38-24-11-9-22-35(38)36-23-10-12-25-39(36)45/h1-28H. The van der Waals surface area contributed by atoms with Gasteiger partial charge in [0.1, 0.15) is 16.8 Å². The fourth-order valence-electron chi connectivity index (χ4n) is 7.90. The van der Waals surface area contributed by atoms with E-state index in [-0.39, 0.29) is 0 Å². The molecule has 2 heterocycles. The van der Waals surface area contributed by atoms with Gasteiger partial charge in [-0.15, -0.1) is 0 Å². The fourth-order valence-corrected chi connectivity index (χ4v) is 7.90. The zero-order chi connectivity index (χ0) is 31.7. The van der Waals surface area contributed by atoms with Crippen LogP contribution in [0.5, 0.6) is 0 Å². The maximum atomic E-state index is 6.67. The monoisotopic (exact) mass is 612 g/mol. The van der Waals surface area contributed by atoms with E-state index in [9.17, 15) is 0 Å². The van der Waals surface area contributed by atoms with Crippen LogP contribution >= 0.6 is 0 Å². The van der Waals surface area contributed by atoms with Gasteiger partial charge in [0.05, 0.1) is 5.41 Å². The third kappa shape index (κ3) is 3.76. The first kappa shape index (κ1) is 26.9. The highest BCUT2D eigenvalue weighted by Gasteiger charge is 2.45. The van der Waals surface area contributed by atoms with E-state index < -0.39 is 5.41 Å². The van der Waals surface area contributed by atoms with Crippen molar-refractivity contribution in [2.24, 2.45) is 0 Å². The van der Waals surface area contributed by atoms with E-state index >= 15 is 0 Å². The summed E-state index contributed by atoms with van der Waals surface area (Å²) >= 11 is 0. The van der Waals surface area contributed by atoms with Crippen LogP contribution < -0.4 is 0 Å². The van der Waals surface area contributed by atoms with Crippen LogP contribution in [-0.4, -0.2) is 9.97 Å². The molecule has 10 rings (SSSR count). The van der Waals surface area contributed by atoms with Crippen molar-refractivity contribution < 1.29 is 4.42 Å². The van der Waals surface area contributed by atoms with E-state index in [0.29, 0.717) is 11.4 Å². The van der Waals surface area contributed by atoms with E-state index in [4.69, 9.17) is 14.4 Å². The summed E-state index contributed by atoms with van der Waals surface area (Å²) in [6.45, 7) is 0. The predicted octanol–water partition coefficient (Wildman–Crippen LogP) is 11.2. The lowest BCUT2D eigenvalue weighted by Gasteiger charge is -2.34. The van der Waals surface area contributed by atoms with Crippen LogP contribution in [0.2, 0.25) is 0 Å². The normalized spacial score (nSPS) is 13.2. The summed E-state index contributed by atoms with van der Waals surface area (Å²) in [5.74, 6) is 0.668. The minimum Gasteiger partial charge on any atom is -0.451 e. The lowest BCUT2D eigenvalue weighted by Crippen LogP contribution is -2.28. The van der Waals surface area contributed by atoms with Gasteiger partial charge in [-0.2, -0.15) is 0 Å². The summed E-state index contributed by atoms with van der Waals surface area (Å²) in [7, 11) is 0. The number of rotatable bonds is 4. The topological polar surface area (TPSA) is 38.9 Å². The number of benzene rings is 7. The van der Waals surface area contributed by atoms with Crippen molar-refractivity contribution in [2.45, 2.75) is 5.41 Å². The van der Waals surface area contributed by atoms with E-state index in [2.05, 4.69) is 152 Å². The molecule has 1 aliphatic carbocycles. The van der Waals surface area contributed by atoms with E-state index in [0.717, 1.165) is 44.1 Å². The number of hydrogen-bond acceptors (Lipinski definition) is 3. The van der Waals surface area contributed by atoms with Gasteiger partial charge in [0, 0.05) is 21.9 Å². The van der Waals surface area contributed by atoms with Gasteiger partial charge < -0.3 is 4.42 Å². The summed E-state index contributed by atoms with van der Waals surface area (Å²) in [6, 6.07) is 60.3. The highest BCUT2D eigenvalue weighted by atomic mass is 16.3. The van der Waals surface area contributed by atoms with Crippen LogP contribution in [0.15, 0.2) is 174 Å². The Labute approximate surface area is 277 Å². The van der Waals surface area contributed by atoms with Crippen molar-refractivity contribution in [3.63, 3.8) is 0 Å². The molecule has 1 aliphatic rings. The van der Waals surface area contributed by atoms with Crippen molar-refractivity contribution in [1.29, 1.82) is 0 Å². The van der Waals surface area contributed by atoms with Crippen molar-refractivity contribution in [1.82, 2.24) is 9.97 Å². The SMILES string of the molecule is c1ccc(-c2nc(-c3cccc(C4(c5ccccc5)c5ccccc5-c5ccccc54)c3)nc3c2oc2c4ccccc4ccc32)cc1. The zero-order valence-electron chi connectivity index (χ0n) is 26.0. The van der Waals surface area contributed by atoms with Crippen molar-refractivity contribution >= 4 is 32.8 Å². The summed E-state index contributed by atoms with van der Waals surface area (Å²) in [4.78, 5) is 10.5. The molecule has 3 nitrogen and oxygen atoms in total. The van der Waals surface area contributed by atoms with Crippen LogP contribution in [0.25, 0.3) is 66.6 Å². The third-order valence-corrected chi connectivity index (χ3v) is 9.96. The van der Waals surface area contributed by atoms with Crippen LogP contribution in [0.4, 0.5) is 0 Å². The molecule has 0 unspecified atom stereocenters. The lowest BCUT2D eigenvalue weighted by molar-refractivity contribution is 0.671. The minimum atomic E-state index is -0.502. The Hall–Kier alpha value is -6.32. The minimum absolute atomic E-state index is 0.502. The van der Waals surface area contributed by atoms with Gasteiger partial charge in [-0.3, -0.25) is 0 Å². The van der Waals surface area contributed by atoms with Gasteiger partial charge in [-0.25, -0.2) is 9.97 Å². The van der Waals surface area contributed by atoms with Crippen molar-refractivity contribution in [3.05, 3.63) is 192 Å². The fraction of sp³-hybridized carbons (Fsp3) is 0.0222. The number of nitrogens with zero attached hydrogens (tertiary/aromatic N) is 2. The first-order valence-electron chi connectivity index (χ1n) is 16.3. The van der Waals surface area contributed by atoms with Crippen molar-refractivity contribution in [2.75, 3.05) is 0 Å². The molecule has 48 heavy (non-hydrogen) atoms. The second-order valence-electron chi connectivity index (χ2n) is 12.5. The molecular formula is C45H28N2O. The largest absolute Gasteiger partial charge is 0.451 e. The predicted molar refractivity (Wildman–Crippen MR) is 195 cm³/mol. The summed E-state index contributed by atoms with van der Waals surface area (Å²) < 4.78 is 6.67. The van der Waals surface area contributed by atoms with Gasteiger partial charge in [-0.05, 0) is 50.9 Å². The molecule has 0 radical (unpaired) electrons. The molecule has 0 spiro atoms. The molecule has 2 aromatic heterocycles. The second kappa shape index (κ2) is 10.3. The van der Waals surface area contributed by atoms with Crippen LogP contribution in [-0.2, 0) is 5.41 Å². The summed E-state index contributed by atoms with van der Waals surface area (Å²) in [6.07, 6.45) is 0. The number of fused-ring (bicyclic) bond motifs is 8. The Bertz CT molecular complexity index is 2630. The molecule has 0 atom stereocenters. The maximum absolute atomic E-state index is 6.67. The van der Waals surface area contributed by atoms with Crippen LogP contribution in [0.3, 0.4) is 0 Å². The van der Waals surface area contributed by atoms with Gasteiger partial charge in [-0.1, -0.05) is 158 Å². The average molecular weight is 613 g/mol. The quantitative estimate of drug-likeness (QED) is 0.198. The van der Waals surface area contributed by atoms with Gasteiger partial charge in [0.2, 0.25) is 0 Å². The maximum Gasteiger partial charge on any atom is 0.180 e. The molecule has 0 saturated heterocycles. The second-order valence-corrected chi connectivity index (χ2v) is 12.5. The molecule has 0 N–H and O–H groups in total. The first-order chi connectivity index (χ1) is 23.8. The van der Waals surface area contributed by atoms with Crippen LogP contribution in [0.1, 0.15) is 22.3 Å². The Morgan fingerprint density at radius 3 is 1.83 bits per heavy atom. The molecular weight excluding hydrogens is 585 g/mol. The highest BCUT2D eigenvalue weighted by Crippen LogP contribution is 2.56. The third-order valence-electron chi connectivity index (χ3n) is 9.96. The molecule has 0 saturated carbocycles. The highest BCUT2D eigenvalue weighted by molar-refractivity contribution is 6.15. The van der Waals surface area contributed by atoms with Gasteiger partial charge in [0.25, 0.3) is 0 Å². The molecule has 0 fully saturated rings. The number of hydrogen-bond donors (Lipinski definition) is 0. The molecule has 3 heteroatoms. The van der Waals surface area contributed by atoms with Gasteiger partial charge in [0.15, 0.2) is 11.4 Å². The van der Waals surface area contributed by atoms with E-state index in [1.54, 1.807) is 0 Å². The first-order valence-corrected chi connectivity index (χ1v) is 16.3. The summed E-state index contributed by atoms with van der Waals surface area (Å²) in [5.41, 5.74) is 12.1. The summed E-state index contributed by atoms with van der Waals surface area (Å²) in [5, 5.41) is 3.19. The Balaban J connectivity index is 1.26. The Morgan fingerprint density at radius 1 is 0.438 bits per heavy atom. The smallest absolute Gasteiger partial charge is 0.180 e. The molecule has 7 aromatic carbocycles. The van der Waals surface area contributed by atoms with E-state index in [1.165, 1.54) is 33.4 Å². The van der Waals surface area contributed by atoms with Crippen molar-refractivity contribution in [3.8, 4) is 33.8 Å². The number of aromatic nitrogens is 2.